The number of unbranched alkanes of at least 4 members (excludes halogenated alkanes) is 1. The van der Waals surface area contributed by atoms with E-state index in [4.69, 9.17) is 18.9 Å². The molecule has 0 saturated heterocycles. The normalized spacial score (nSPS) is 19.7. The molecule has 4 bridgehead atoms. The first-order valence-electron chi connectivity index (χ1n) is 16.3. The molecule has 0 aromatic heterocycles. The summed E-state index contributed by atoms with van der Waals surface area (Å²) in [5, 5.41) is 10.9. The molecule has 2 aromatic carbocycles. The van der Waals surface area contributed by atoms with E-state index in [9.17, 15) is 24.0 Å². The zero-order chi connectivity index (χ0) is 35.8. The molecule has 4 aliphatic rings. The van der Waals surface area contributed by atoms with Crippen LogP contribution >= 0.6 is 0 Å². The Labute approximate surface area is 287 Å². The molecule has 0 fully saturated rings. The van der Waals surface area contributed by atoms with Gasteiger partial charge in [0.2, 0.25) is 17.7 Å². The summed E-state index contributed by atoms with van der Waals surface area (Å²) in [6, 6.07) is 11.1. The number of ether oxygens (including phenoxy) is 4. The van der Waals surface area contributed by atoms with Crippen LogP contribution in [0.5, 0.6) is 11.5 Å². The molecule has 4 aliphatic heterocycles. The summed E-state index contributed by atoms with van der Waals surface area (Å²) in [5.74, 6) is -0.994. The molecule has 3 atom stereocenters. The summed E-state index contributed by atoms with van der Waals surface area (Å²) in [5.41, 5.74) is 0.858. The van der Waals surface area contributed by atoms with Crippen molar-refractivity contribution >= 4 is 29.8 Å². The molecule has 4 N–H and O–H groups in total. The fraction of sp³-hybridized carbons (Fsp3) is 0.472. The zero-order valence-corrected chi connectivity index (χ0v) is 28.8. The molecule has 0 aliphatic carbocycles. The Hall–Kier alpha value is -5.07. The standard InChI is InChI=1S/C36H48N4O9/c1-24(41)38-30-22-25-11-15-27(16-12-25)47-20-8-9-21-48-28-17-13-26(14-18-28)23-31(34(44)46-5)40-32(42)29(39-33(30)43)10-6-7-19-37-35(45)49-36(2,3)4/h8-9,11-18,29-31H,6-7,10,19-23H2,1-5H3,(H,37,45)(H,38,41)(H,39,43)(H,40,42)/b9-8-/t29-,30+,31+/m1/s1. The summed E-state index contributed by atoms with van der Waals surface area (Å²) in [4.78, 5) is 64.3. The predicted molar refractivity (Wildman–Crippen MR) is 182 cm³/mol. The van der Waals surface area contributed by atoms with Crippen LogP contribution in [0, 0.1) is 0 Å². The maximum absolute atomic E-state index is 13.7. The van der Waals surface area contributed by atoms with Crippen molar-refractivity contribution in [2.75, 3.05) is 26.9 Å². The second kappa shape index (κ2) is 19.1. The number of hydrogen-bond acceptors (Lipinski definition) is 9. The summed E-state index contributed by atoms with van der Waals surface area (Å²) < 4.78 is 21.8. The van der Waals surface area contributed by atoms with Crippen molar-refractivity contribution in [1.82, 2.24) is 21.3 Å². The summed E-state index contributed by atoms with van der Waals surface area (Å²) in [7, 11) is 1.23. The van der Waals surface area contributed by atoms with E-state index >= 15 is 0 Å². The maximum atomic E-state index is 13.7. The predicted octanol–water partition coefficient (Wildman–Crippen LogP) is 3.14. The Kier molecular flexibility index (Phi) is 14.9. The molecular weight excluding hydrogens is 632 g/mol. The van der Waals surface area contributed by atoms with E-state index in [2.05, 4.69) is 21.3 Å². The Bertz CT molecular complexity index is 1440. The molecule has 6 rings (SSSR count). The van der Waals surface area contributed by atoms with Crippen LogP contribution < -0.4 is 30.7 Å². The van der Waals surface area contributed by atoms with Gasteiger partial charge in [0, 0.05) is 26.3 Å². The largest absolute Gasteiger partial charge is 0.490 e. The molecule has 0 saturated carbocycles. The monoisotopic (exact) mass is 680 g/mol. The number of carbonyl (C=O) groups excluding carboxylic acids is 5. The van der Waals surface area contributed by atoms with Crippen molar-refractivity contribution in [3.05, 3.63) is 71.8 Å². The van der Waals surface area contributed by atoms with Gasteiger partial charge in [-0.2, -0.15) is 0 Å². The van der Waals surface area contributed by atoms with Gasteiger partial charge in [-0.3, -0.25) is 14.4 Å². The van der Waals surface area contributed by atoms with E-state index in [1.165, 1.54) is 14.0 Å². The third kappa shape index (κ3) is 14.3. The third-order valence-electron chi connectivity index (χ3n) is 7.30. The minimum absolute atomic E-state index is 0.126. The SMILES string of the molecule is COC(=O)[C@@H]1Cc2ccc(cc2)OC/C=C\COc2ccc(cc2)C[C@H](NC(C)=O)C(=O)N[C@H](CCCCNC(=O)OC(C)(C)C)C(=O)N1. The molecule has 0 spiro atoms. The Morgan fingerprint density at radius 1 is 0.837 bits per heavy atom. The molecule has 266 valence electrons. The van der Waals surface area contributed by atoms with E-state index < -0.39 is 53.5 Å². The van der Waals surface area contributed by atoms with Gasteiger partial charge in [-0.15, -0.1) is 0 Å². The highest BCUT2D eigenvalue weighted by atomic mass is 16.6. The van der Waals surface area contributed by atoms with Crippen molar-refractivity contribution in [3.63, 3.8) is 0 Å². The second-order valence-electron chi connectivity index (χ2n) is 12.6. The Morgan fingerprint density at radius 3 is 1.94 bits per heavy atom. The van der Waals surface area contributed by atoms with E-state index in [-0.39, 0.29) is 25.8 Å². The number of alkyl carbamates (subject to hydrolysis) is 1. The van der Waals surface area contributed by atoms with Gasteiger partial charge in [0.15, 0.2) is 0 Å². The van der Waals surface area contributed by atoms with Crippen molar-refractivity contribution < 1.29 is 42.9 Å². The molecule has 0 unspecified atom stereocenters. The molecule has 0 radical (unpaired) electrons. The summed E-state index contributed by atoms with van der Waals surface area (Å²) in [6.45, 7) is 7.54. The van der Waals surface area contributed by atoms with Crippen LogP contribution in [-0.2, 0) is 41.5 Å². The molecule has 4 heterocycles. The lowest BCUT2D eigenvalue weighted by Crippen LogP contribution is -2.56. The van der Waals surface area contributed by atoms with Crippen molar-refractivity contribution in [3.8, 4) is 11.5 Å². The molecule has 13 nitrogen and oxygen atoms in total. The number of amides is 4. The topological polar surface area (TPSA) is 170 Å². The van der Waals surface area contributed by atoms with Crippen LogP contribution in [0.15, 0.2) is 60.7 Å². The quantitative estimate of drug-likeness (QED) is 0.195. The van der Waals surface area contributed by atoms with Gasteiger partial charge >= 0.3 is 12.1 Å². The van der Waals surface area contributed by atoms with Crippen LogP contribution in [0.2, 0.25) is 0 Å². The number of hydrogen-bond donors (Lipinski definition) is 4. The van der Waals surface area contributed by atoms with E-state index in [1.807, 2.05) is 12.2 Å². The third-order valence-corrected chi connectivity index (χ3v) is 7.30. The van der Waals surface area contributed by atoms with E-state index in [0.717, 1.165) is 11.1 Å². The van der Waals surface area contributed by atoms with Crippen molar-refractivity contribution in [2.24, 2.45) is 0 Å². The van der Waals surface area contributed by atoms with Gasteiger partial charge in [-0.1, -0.05) is 24.3 Å². The average molecular weight is 681 g/mol. The Morgan fingerprint density at radius 2 is 1.41 bits per heavy atom. The molecule has 4 amide bonds. The summed E-state index contributed by atoms with van der Waals surface area (Å²) in [6.07, 6.45) is 4.49. The van der Waals surface area contributed by atoms with Crippen LogP contribution in [0.4, 0.5) is 4.79 Å². The highest BCUT2D eigenvalue weighted by Gasteiger charge is 2.30. The fourth-order valence-electron chi connectivity index (χ4n) is 4.92. The zero-order valence-electron chi connectivity index (χ0n) is 28.8. The van der Waals surface area contributed by atoms with Gasteiger partial charge in [-0.25, -0.2) is 9.59 Å². The number of esters is 1. The van der Waals surface area contributed by atoms with E-state index in [1.54, 1.807) is 69.3 Å². The highest BCUT2D eigenvalue weighted by molar-refractivity contribution is 5.93. The Balaban J connectivity index is 1.85. The lowest BCUT2D eigenvalue weighted by atomic mass is 10.0. The van der Waals surface area contributed by atoms with Gasteiger partial charge in [0.25, 0.3) is 0 Å². The van der Waals surface area contributed by atoms with E-state index in [0.29, 0.717) is 37.6 Å². The van der Waals surface area contributed by atoms with Crippen molar-refractivity contribution in [2.45, 2.75) is 83.5 Å². The second-order valence-corrected chi connectivity index (χ2v) is 12.6. The maximum Gasteiger partial charge on any atom is 0.407 e. The molecular formula is C36H48N4O9. The van der Waals surface area contributed by atoms with Crippen LogP contribution in [0.3, 0.4) is 0 Å². The number of nitrogens with one attached hydrogen (secondary N) is 4. The van der Waals surface area contributed by atoms with Gasteiger partial charge < -0.3 is 40.2 Å². The lowest BCUT2D eigenvalue weighted by Gasteiger charge is -2.25. The van der Waals surface area contributed by atoms with Gasteiger partial charge in [-0.05, 0) is 87.6 Å². The first kappa shape index (κ1) is 38.4. The lowest BCUT2D eigenvalue weighted by molar-refractivity contribution is -0.145. The number of carbonyl (C=O) groups is 5. The van der Waals surface area contributed by atoms with Crippen LogP contribution in [0.25, 0.3) is 0 Å². The van der Waals surface area contributed by atoms with Crippen molar-refractivity contribution in [1.29, 1.82) is 0 Å². The number of benzene rings is 2. The fourth-order valence-corrected chi connectivity index (χ4v) is 4.92. The van der Waals surface area contributed by atoms with Crippen LogP contribution in [-0.4, -0.2) is 80.4 Å². The highest BCUT2D eigenvalue weighted by Crippen LogP contribution is 2.16. The molecule has 49 heavy (non-hydrogen) atoms. The first-order chi connectivity index (χ1) is 23.3. The smallest absolute Gasteiger partial charge is 0.407 e. The average Bonchev–Trinajstić information content (AvgIpc) is 3.04. The summed E-state index contributed by atoms with van der Waals surface area (Å²) >= 11 is 0. The molecule has 2 aromatic rings. The molecule has 13 heteroatoms. The number of rotatable bonds is 7. The van der Waals surface area contributed by atoms with Crippen LogP contribution in [0.1, 0.15) is 58.1 Å². The van der Waals surface area contributed by atoms with Gasteiger partial charge in [0.1, 0.15) is 48.4 Å². The first-order valence-corrected chi connectivity index (χ1v) is 16.3. The minimum Gasteiger partial charge on any atom is -0.490 e. The van der Waals surface area contributed by atoms with Gasteiger partial charge in [0.05, 0.1) is 7.11 Å². The number of methoxy groups -OCH3 is 1. The minimum atomic E-state index is -1.07.